The van der Waals surface area contributed by atoms with E-state index in [1.807, 2.05) is 11.3 Å². The summed E-state index contributed by atoms with van der Waals surface area (Å²) < 4.78 is 0. The van der Waals surface area contributed by atoms with Crippen molar-refractivity contribution in [3.63, 3.8) is 0 Å². The van der Waals surface area contributed by atoms with Crippen molar-refractivity contribution in [2.75, 3.05) is 11.4 Å². The number of unbranched alkanes of at least 4 members (excludes halogenated alkanes) is 2. The highest BCUT2D eigenvalue weighted by molar-refractivity contribution is 7.15. The molecule has 1 heterocycles. The van der Waals surface area contributed by atoms with Crippen LogP contribution in [0.1, 0.15) is 64.5 Å². The zero-order chi connectivity index (χ0) is 15.1. The SMILES string of the molecule is CCCCCN(c1nc(C)c(CNC(C)C)s1)C(C)C. The first-order chi connectivity index (χ1) is 9.45. The van der Waals surface area contributed by atoms with E-state index in [-0.39, 0.29) is 0 Å². The summed E-state index contributed by atoms with van der Waals surface area (Å²) in [7, 11) is 0. The summed E-state index contributed by atoms with van der Waals surface area (Å²) in [6.45, 7) is 15.3. The summed E-state index contributed by atoms with van der Waals surface area (Å²) in [5.41, 5.74) is 1.18. The average Bonchev–Trinajstić information content (AvgIpc) is 2.72. The van der Waals surface area contributed by atoms with E-state index in [9.17, 15) is 0 Å². The fourth-order valence-corrected chi connectivity index (χ4v) is 3.27. The van der Waals surface area contributed by atoms with Crippen LogP contribution < -0.4 is 10.2 Å². The molecule has 0 bridgehead atoms. The van der Waals surface area contributed by atoms with E-state index >= 15 is 0 Å². The molecule has 0 radical (unpaired) electrons. The Hall–Kier alpha value is -0.610. The minimum atomic E-state index is 0.517. The van der Waals surface area contributed by atoms with Gasteiger partial charge in [0.15, 0.2) is 5.13 Å². The number of hydrogen-bond donors (Lipinski definition) is 1. The Morgan fingerprint density at radius 2 is 1.90 bits per heavy atom. The quantitative estimate of drug-likeness (QED) is 0.687. The molecular weight excluding hydrogens is 266 g/mol. The number of nitrogens with one attached hydrogen (secondary N) is 1. The summed E-state index contributed by atoms with van der Waals surface area (Å²) >= 11 is 1.85. The van der Waals surface area contributed by atoms with Crippen molar-refractivity contribution in [2.45, 2.75) is 79.4 Å². The van der Waals surface area contributed by atoms with Crippen LogP contribution in [0.3, 0.4) is 0 Å². The zero-order valence-electron chi connectivity index (χ0n) is 14.0. The first-order valence-corrected chi connectivity index (χ1v) is 8.73. The summed E-state index contributed by atoms with van der Waals surface area (Å²) in [5, 5.41) is 4.68. The number of nitrogens with zero attached hydrogens (tertiary/aromatic N) is 2. The summed E-state index contributed by atoms with van der Waals surface area (Å²) in [4.78, 5) is 8.61. The van der Waals surface area contributed by atoms with Gasteiger partial charge in [-0.15, -0.1) is 11.3 Å². The van der Waals surface area contributed by atoms with Crippen LogP contribution in [0.5, 0.6) is 0 Å². The van der Waals surface area contributed by atoms with Gasteiger partial charge in [0.25, 0.3) is 0 Å². The van der Waals surface area contributed by atoms with Crippen LogP contribution in [0, 0.1) is 6.92 Å². The molecule has 1 aromatic rings. The molecule has 0 fully saturated rings. The second kappa shape index (κ2) is 8.63. The van der Waals surface area contributed by atoms with Crippen LogP contribution in [0.25, 0.3) is 0 Å². The van der Waals surface area contributed by atoms with Crippen molar-refractivity contribution in [3.05, 3.63) is 10.6 Å². The molecule has 0 saturated carbocycles. The maximum Gasteiger partial charge on any atom is 0.186 e. The highest BCUT2D eigenvalue weighted by Crippen LogP contribution is 2.28. The number of aryl methyl sites for hydroxylation is 1. The van der Waals surface area contributed by atoms with Crippen molar-refractivity contribution < 1.29 is 0 Å². The summed E-state index contributed by atoms with van der Waals surface area (Å²) in [6, 6.07) is 1.04. The molecule has 0 aliphatic rings. The van der Waals surface area contributed by atoms with Gasteiger partial charge in [0.05, 0.1) is 5.69 Å². The van der Waals surface area contributed by atoms with Crippen LogP contribution in [0.4, 0.5) is 5.13 Å². The maximum absolute atomic E-state index is 4.79. The van der Waals surface area contributed by atoms with Gasteiger partial charge in [-0.05, 0) is 27.2 Å². The van der Waals surface area contributed by atoms with E-state index < -0.39 is 0 Å². The molecule has 0 spiro atoms. The molecule has 4 heteroatoms. The predicted molar refractivity (Wildman–Crippen MR) is 90.8 cm³/mol. The van der Waals surface area contributed by atoms with Crippen molar-refractivity contribution in [2.24, 2.45) is 0 Å². The predicted octanol–water partition coefficient (Wildman–Crippen LogP) is 4.35. The van der Waals surface area contributed by atoms with Gasteiger partial charge in [0, 0.05) is 30.1 Å². The van der Waals surface area contributed by atoms with Gasteiger partial charge in [0.2, 0.25) is 0 Å². The van der Waals surface area contributed by atoms with Gasteiger partial charge in [-0.3, -0.25) is 0 Å². The highest BCUT2D eigenvalue weighted by atomic mass is 32.1. The monoisotopic (exact) mass is 297 g/mol. The number of anilines is 1. The fourth-order valence-electron chi connectivity index (χ4n) is 2.10. The van der Waals surface area contributed by atoms with Gasteiger partial charge in [-0.25, -0.2) is 4.98 Å². The van der Waals surface area contributed by atoms with E-state index in [2.05, 4.69) is 51.8 Å². The molecular formula is C16H31N3S. The Balaban J connectivity index is 2.73. The number of thiazole rings is 1. The molecule has 1 rings (SSSR count). The normalized spacial score (nSPS) is 11.6. The molecule has 3 nitrogen and oxygen atoms in total. The van der Waals surface area contributed by atoms with Gasteiger partial charge in [-0.1, -0.05) is 33.6 Å². The Bertz CT molecular complexity index is 385. The largest absolute Gasteiger partial charge is 0.346 e. The van der Waals surface area contributed by atoms with E-state index in [1.54, 1.807) is 0 Å². The van der Waals surface area contributed by atoms with E-state index in [1.165, 1.54) is 35.0 Å². The van der Waals surface area contributed by atoms with E-state index in [4.69, 9.17) is 4.98 Å². The second-order valence-corrected chi connectivity index (χ2v) is 7.10. The van der Waals surface area contributed by atoms with Gasteiger partial charge in [0.1, 0.15) is 0 Å². The van der Waals surface area contributed by atoms with E-state index in [0.717, 1.165) is 13.1 Å². The van der Waals surface area contributed by atoms with Gasteiger partial charge >= 0.3 is 0 Å². The third-order valence-electron chi connectivity index (χ3n) is 3.42. The molecule has 0 aromatic carbocycles. The Kier molecular flexibility index (Phi) is 7.52. The van der Waals surface area contributed by atoms with Gasteiger partial charge < -0.3 is 10.2 Å². The smallest absolute Gasteiger partial charge is 0.186 e. The minimum Gasteiger partial charge on any atom is -0.346 e. The lowest BCUT2D eigenvalue weighted by molar-refractivity contribution is 0.591. The molecule has 0 saturated heterocycles. The molecule has 1 aromatic heterocycles. The van der Waals surface area contributed by atoms with Crippen LogP contribution in [0.15, 0.2) is 0 Å². The summed E-state index contributed by atoms with van der Waals surface area (Å²) in [5.74, 6) is 0. The van der Waals surface area contributed by atoms with Crippen LogP contribution in [-0.4, -0.2) is 23.6 Å². The molecule has 0 aliphatic heterocycles. The standard InChI is InChI=1S/C16H31N3S/c1-7-8-9-10-19(13(4)5)16-18-14(6)15(20-16)11-17-12(2)3/h12-13,17H,7-11H2,1-6H3. The highest BCUT2D eigenvalue weighted by Gasteiger charge is 2.16. The third-order valence-corrected chi connectivity index (χ3v) is 4.62. The topological polar surface area (TPSA) is 28.2 Å². The summed E-state index contributed by atoms with van der Waals surface area (Å²) in [6.07, 6.45) is 3.83. The van der Waals surface area contributed by atoms with Crippen molar-refractivity contribution in [3.8, 4) is 0 Å². The minimum absolute atomic E-state index is 0.517. The Morgan fingerprint density at radius 3 is 2.45 bits per heavy atom. The molecule has 20 heavy (non-hydrogen) atoms. The van der Waals surface area contributed by atoms with Crippen molar-refractivity contribution >= 4 is 16.5 Å². The number of aromatic nitrogens is 1. The second-order valence-electron chi connectivity index (χ2n) is 6.03. The van der Waals surface area contributed by atoms with Gasteiger partial charge in [-0.2, -0.15) is 0 Å². The van der Waals surface area contributed by atoms with Crippen LogP contribution in [0.2, 0.25) is 0 Å². The van der Waals surface area contributed by atoms with Crippen molar-refractivity contribution in [1.29, 1.82) is 0 Å². The first kappa shape index (κ1) is 17.4. The molecule has 1 N–H and O–H groups in total. The average molecular weight is 298 g/mol. The van der Waals surface area contributed by atoms with Crippen LogP contribution >= 0.6 is 11.3 Å². The lowest BCUT2D eigenvalue weighted by Crippen LogP contribution is -2.31. The molecule has 0 unspecified atom stereocenters. The molecule has 116 valence electrons. The number of rotatable bonds is 9. The zero-order valence-corrected chi connectivity index (χ0v) is 14.8. The lowest BCUT2D eigenvalue weighted by atomic mass is 10.2. The number of hydrogen-bond acceptors (Lipinski definition) is 4. The first-order valence-electron chi connectivity index (χ1n) is 7.92. The molecule has 0 amide bonds. The molecule has 0 aliphatic carbocycles. The fraction of sp³-hybridized carbons (Fsp3) is 0.812. The van der Waals surface area contributed by atoms with E-state index in [0.29, 0.717) is 12.1 Å². The Morgan fingerprint density at radius 1 is 1.20 bits per heavy atom. The van der Waals surface area contributed by atoms with Crippen LogP contribution in [-0.2, 0) is 6.54 Å². The third kappa shape index (κ3) is 5.41. The maximum atomic E-state index is 4.79. The lowest BCUT2D eigenvalue weighted by Gasteiger charge is -2.26. The van der Waals surface area contributed by atoms with Crippen molar-refractivity contribution in [1.82, 2.24) is 10.3 Å². The molecule has 0 atom stereocenters. The Labute approximate surface area is 128 Å².